The summed E-state index contributed by atoms with van der Waals surface area (Å²) in [4.78, 5) is 12.1. The second kappa shape index (κ2) is 6.43. The summed E-state index contributed by atoms with van der Waals surface area (Å²) in [5.74, 6) is 0. The van der Waals surface area contributed by atoms with Crippen LogP contribution in [0.4, 0.5) is 0 Å². The quantitative estimate of drug-likeness (QED) is 0.686. The van der Waals surface area contributed by atoms with Crippen LogP contribution in [-0.4, -0.2) is 12.4 Å². The molecular formula is C17H11Cl2NO3S. The van der Waals surface area contributed by atoms with Crippen molar-refractivity contribution in [2.24, 2.45) is 0 Å². The molecule has 1 heterocycles. The van der Waals surface area contributed by atoms with Crippen LogP contribution < -0.4 is 5.56 Å². The minimum atomic E-state index is -4.01. The van der Waals surface area contributed by atoms with E-state index in [1.165, 1.54) is 18.2 Å². The topological polar surface area (TPSA) is 56.1 Å². The first-order chi connectivity index (χ1) is 11.4. The maximum atomic E-state index is 12.6. The van der Waals surface area contributed by atoms with Crippen LogP contribution in [0, 0.1) is 0 Å². The average molecular weight is 380 g/mol. The van der Waals surface area contributed by atoms with Gasteiger partial charge in [0.2, 0.25) is 0 Å². The highest BCUT2D eigenvalue weighted by Crippen LogP contribution is 2.22. The van der Waals surface area contributed by atoms with E-state index >= 15 is 0 Å². The Morgan fingerprint density at radius 3 is 2.46 bits per heavy atom. The van der Waals surface area contributed by atoms with Gasteiger partial charge in [-0.1, -0.05) is 47.5 Å². The zero-order valence-corrected chi connectivity index (χ0v) is 14.5. The zero-order chi connectivity index (χ0) is 17.3. The Bertz CT molecular complexity index is 1120. The third-order valence-electron chi connectivity index (χ3n) is 3.40. The molecule has 0 radical (unpaired) electrons. The largest absolute Gasteiger partial charge is 0.268 e. The summed E-state index contributed by atoms with van der Waals surface area (Å²) in [7, 11) is -4.01. The summed E-state index contributed by atoms with van der Waals surface area (Å²) in [6, 6.07) is 14.3. The van der Waals surface area contributed by atoms with Crippen molar-refractivity contribution in [3.05, 3.63) is 86.0 Å². The van der Waals surface area contributed by atoms with Gasteiger partial charge < -0.3 is 0 Å². The van der Waals surface area contributed by atoms with Gasteiger partial charge in [0.15, 0.2) is 0 Å². The number of aromatic nitrogens is 1. The fourth-order valence-corrected chi connectivity index (χ4v) is 3.94. The van der Waals surface area contributed by atoms with Crippen molar-refractivity contribution in [2.45, 2.75) is 0 Å². The summed E-state index contributed by atoms with van der Waals surface area (Å²) < 4.78 is 26.0. The van der Waals surface area contributed by atoms with Crippen molar-refractivity contribution >= 4 is 50.2 Å². The second-order valence-corrected chi connectivity index (χ2v) is 7.52. The lowest BCUT2D eigenvalue weighted by molar-refractivity contribution is 0.596. The van der Waals surface area contributed by atoms with Crippen LogP contribution in [0.5, 0.6) is 0 Å². The van der Waals surface area contributed by atoms with Crippen LogP contribution in [0.15, 0.2) is 64.8 Å². The molecule has 0 bridgehead atoms. The highest BCUT2D eigenvalue weighted by Gasteiger charge is 2.14. The van der Waals surface area contributed by atoms with Crippen molar-refractivity contribution in [1.29, 1.82) is 0 Å². The molecule has 3 aromatic rings. The van der Waals surface area contributed by atoms with Gasteiger partial charge in [0.1, 0.15) is 0 Å². The number of halogens is 2. The fourth-order valence-electron chi connectivity index (χ4n) is 2.28. The minimum Gasteiger partial charge on any atom is -0.268 e. The number of fused-ring (bicyclic) bond motifs is 1. The van der Waals surface area contributed by atoms with E-state index in [1.807, 2.05) is 0 Å². The second-order valence-electron chi connectivity index (χ2n) is 5.01. The van der Waals surface area contributed by atoms with Crippen LogP contribution >= 0.6 is 23.2 Å². The van der Waals surface area contributed by atoms with E-state index in [2.05, 4.69) is 0 Å². The van der Waals surface area contributed by atoms with Gasteiger partial charge in [-0.05, 0) is 41.3 Å². The Kier molecular flexibility index (Phi) is 4.49. The summed E-state index contributed by atoms with van der Waals surface area (Å²) in [6.07, 6.45) is 1.34. The van der Waals surface area contributed by atoms with Crippen molar-refractivity contribution in [3.8, 4) is 0 Å². The SMILES string of the molecule is O=c1ccc2ccccc2n1S(=O)(=O)C=Cc1ccc(Cl)cc1Cl. The molecule has 0 aliphatic carbocycles. The molecule has 122 valence electrons. The third-order valence-corrected chi connectivity index (χ3v) is 5.33. The van der Waals surface area contributed by atoms with Crippen molar-refractivity contribution in [2.75, 3.05) is 0 Å². The van der Waals surface area contributed by atoms with E-state index in [0.29, 0.717) is 26.5 Å². The van der Waals surface area contributed by atoms with Crippen LogP contribution in [-0.2, 0) is 10.0 Å². The maximum absolute atomic E-state index is 12.6. The first kappa shape index (κ1) is 16.8. The highest BCUT2D eigenvalue weighted by molar-refractivity contribution is 7.93. The van der Waals surface area contributed by atoms with Crippen molar-refractivity contribution in [1.82, 2.24) is 3.97 Å². The van der Waals surface area contributed by atoms with Gasteiger partial charge in [-0.15, -0.1) is 0 Å². The molecule has 24 heavy (non-hydrogen) atoms. The lowest BCUT2D eigenvalue weighted by Gasteiger charge is -2.08. The molecule has 4 nitrogen and oxygen atoms in total. The van der Waals surface area contributed by atoms with E-state index < -0.39 is 15.6 Å². The highest BCUT2D eigenvalue weighted by atomic mass is 35.5. The summed E-state index contributed by atoms with van der Waals surface area (Å²) in [6.45, 7) is 0. The molecule has 0 N–H and O–H groups in total. The molecule has 3 rings (SSSR count). The summed E-state index contributed by atoms with van der Waals surface area (Å²) in [5, 5.41) is 2.37. The number of para-hydroxylation sites is 1. The van der Waals surface area contributed by atoms with Gasteiger partial charge in [-0.3, -0.25) is 4.79 Å². The lowest BCUT2D eigenvalue weighted by atomic mass is 10.2. The molecular weight excluding hydrogens is 369 g/mol. The van der Waals surface area contributed by atoms with E-state index in [9.17, 15) is 13.2 Å². The van der Waals surface area contributed by atoms with Crippen molar-refractivity contribution in [3.63, 3.8) is 0 Å². The Hall–Kier alpha value is -2.08. The van der Waals surface area contributed by atoms with Gasteiger partial charge in [0.05, 0.1) is 10.9 Å². The number of pyridine rings is 1. The van der Waals surface area contributed by atoms with Gasteiger partial charge in [0.25, 0.3) is 15.6 Å². The standard InChI is InChI=1S/C17H11Cl2NO3S/c18-14-7-5-12(15(19)11-14)9-10-24(22,23)20-16-4-2-1-3-13(16)6-8-17(20)21/h1-11H. The molecule has 0 unspecified atom stereocenters. The van der Waals surface area contributed by atoms with Gasteiger partial charge in [0, 0.05) is 16.1 Å². The molecule has 0 atom stereocenters. The number of hydrogen-bond donors (Lipinski definition) is 0. The molecule has 0 aliphatic rings. The molecule has 2 aromatic carbocycles. The van der Waals surface area contributed by atoms with Gasteiger partial charge in [-0.25, -0.2) is 8.42 Å². The first-order valence-electron chi connectivity index (χ1n) is 6.88. The van der Waals surface area contributed by atoms with E-state index in [-0.39, 0.29) is 0 Å². The maximum Gasteiger partial charge on any atom is 0.265 e. The predicted molar refractivity (Wildman–Crippen MR) is 98.0 cm³/mol. The van der Waals surface area contributed by atoms with Crippen LogP contribution in [0.2, 0.25) is 10.0 Å². The molecule has 0 aliphatic heterocycles. The zero-order valence-electron chi connectivity index (χ0n) is 12.2. The Labute approximate surface area is 148 Å². The van der Waals surface area contributed by atoms with Crippen LogP contribution in [0.3, 0.4) is 0 Å². The Morgan fingerprint density at radius 2 is 1.71 bits per heavy atom. The van der Waals surface area contributed by atoms with Gasteiger partial charge >= 0.3 is 0 Å². The number of hydrogen-bond acceptors (Lipinski definition) is 3. The lowest BCUT2D eigenvalue weighted by Crippen LogP contribution is -2.25. The molecule has 0 saturated heterocycles. The number of benzene rings is 2. The molecule has 0 saturated carbocycles. The Balaban J connectivity index is 2.14. The van der Waals surface area contributed by atoms with Crippen molar-refractivity contribution < 1.29 is 8.42 Å². The number of nitrogens with zero attached hydrogens (tertiary/aromatic N) is 1. The third kappa shape index (κ3) is 3.24. The normalized spacial score (nSPS) is 12.1. The molecule has 1 aromatic heterocycles. The molecule has 7 heteroatoms. The smallest absolute Gasteiger partial charge is 0.265 e. The first-order valence-corrected chi connectivity index (χ1v) is 9.14. The minimum absolute atomic E-state index is 0.317. The molecule has 0 amide bonds. The van der Waals surface area contributed by atoms with E-state index in [4.69, 9.17) is 23.2 Å². The van der Waals surface area contributed by atoms with Crippen LogP contribution in [0.1, 0.15) is 5.56 Å². The fraction of sp³-hybridized carbons (Fsp3) is 0. The summed E-state index contributed by atoms with van der Waals surface area (Å²) >= 11 is 11.8. The van der Waals surface area contributed by atoms with Gasteiger partial charge in [-0.2, -0.15) is 3.97 Å². The molecule has 0 spiro atoms. The predicted octanol–water partition coefficient (Wildman–Crippen LogP) is 4.16. The number of rotatable bonds is 3. The monoisotopic (exact) mass is 379 g/mol. The van der Waals surface area contributed by atoms with E-state index in [0.717, 1.165) is 9.38 Å². The average Bonchev–Trinajstić information content (AvgIpc) is 2.53. The van der Waals surface area contributed by atoms with Crippen LogP contribution in [0.25, 0.3) is 17.0 Å². The van der Waals surface area contributed by atoms with E-state index in [1.54, 1.807) is 42.5 Å². The molecule has 0 fully saturated rings. The summed E-state index contributed by atoms with van der Waals surface area (Å²) in [5.41, 5.74) is 0.176. The Morgan fingerprint density at radius 1 is 0.958 bits per heavy atom.